The van der Waals surface area contributed by atoms with Crippen LogP contribution in [0.1, 0.15) is 5.56 Å². The third kappa shape index (κ3) is 4.18. The van der Waals surface area contributed by atoms with E-state index in [2.05, 4.69) is 5.16 Å². The fraction of sp³-hybridized carbons (Fsp3) is 0.533. The van der Waals surface area contributed by atoms with Crippen LogP contribution in [0.4, 0.5) is 0 Å². The maximum absolute atomic E-state index is 10.0. The molecule has 0 aromatic heterocycles. The number of methoxy groups -OCH3 is 1. The lowest BCUT2D eigenvalue weighted by Crippen LogP contribution is -2.57. The summed E-state index contributed by atoms with van der Waals surface area (Å²) >= 11 is 0.903. The highest BCUT2D eigenvalue weighted by atomic mass is 32.2. The van der Waals surface area contributed by atoms with Crippen LogP contribution in [0, 0.1) is 0 Å². The number of rotatable bonds is 5. The molecule has 134 valence electrons. The monoisotopic (exact) mass is 359 g/mol. The molecular weight excluding hydrogens is 338 g/mol. The van der Waals surface area contributed by atoms with Gasteiger partial charge in [-0.2, -0.15) is 0 Å². The highest BCUT2D eigenvalue weighted by Crippen LogP contribution is 2.31. The van der Waals surface area contributed by atoms with Crippen molar-refractivity contribution < 1.29 is 35.1 Å². The minimum absolute atomic E-state index is 0.222. The second kappa shape index (κ2) is 8.65. The quantitative estimate of drug-likeness (QED) is 0.207. The Morgan fingerprint density at radius 2 is 1.92 bits per heavy atom. The van der Waals surface area contributed by atoms with Crippen LogP contribution >= 0.6 is 11.8 Å². The number of nitrogens with zero attached hydrogens (tertiary/aromatic N) is 1. The Hall–Kier alpha value is -1.36. The molecule has 0 saturated carbocycles. The lowest BCUT2D eigenvalue weighted by atomic mass is 10.0. The van der Waals surface area contributed by atoms with Crippen LogP contribution < -0.4 is 4.74 Å². The number of oxime groups is 1. The highest BCUT2D eigenvalue weighted by molar-refractivity contribution is 8.14. The van der Waals surface area contributed by atoms with Crippen LogP contribution in [0.5, 0.6) is 5.75 Å². The molecule has 1 aliphatic heterocycles. The molecule has 1 fully saturated rings. The zero-order chi connectivity index (χ0) is 17.7. The summed E-state index contributed by atoms with van der Waals surface area (Å²) in [6.45, 7) is -0.514. The van der Waals surface area contributed by atoms with E-state index in [0.717, 1.165) is 17.3 Å². The summed E-state index contributed by atoms with van der Waals surface area (Å²) in [5.41, 5.74) is -0.231. The normalized spacial score (nSPS) is 31.0. The zero-order valence-corrected chi connectivity index (χ0v) is 13.8. The summed E-state index contributed by atoms with van der Waals surface area (Å²) in [4.78, 5) is 0. The molecule has 0 amide bonds. The van der Waals surface area contributed by atoms with Gasteiger partial charge in [-0.1, -0.05) is 35.1 Å². The van der Waals surface area contributed by atoms with E-state index in [0.29, 0.717) is 5.75 Å². The molecule has 8 nitrogen and oxygen atoms in total. The Balaban J connectivity index is 2.09. The first-order valence-electron chi connectivity index (χ1n) is 7.31. The predicted octanol–water partition coefficient (Wildman–Crippen LogP) is -0.442. The average molecular weight is 359 g/mol. The Morgan fingerprint density at radius 1 is 1.21 bits per heavy atom. The van der Waals surface area contributed by atoms with Crippen molar-refractivity contribution >= 4 is 16.8 Å². The van der Waals surface area contributed by atoms with Crippen molar-refractivity contribution in [2.75, 3.05) is 13.7 Å². The van der Waals surface area contributed by atoms with E-state index in [1.165, 1.54) is 7.11 Å². The smallest absolute Gasteiger partial charge is 0.138 e. The van der Waals surface area contributed by atoms with Gasteiger partial charge in [0.25, 0.3) is 0 Å². The van der Waals surface area contributed by atoms with Crippen LogP contribution in [0.3, 0.4) is 0 Å². The number of para-hydroxylation sites is 1. The molecule has 1 saturated heterocycles. The van der Waals surface area contributed by atoms with Crippen LogP contribution in [0.25, 0.3) is 0 Å². The summed E-state index contributed by atoms with van der Waals surface area (Å²) in [6, 6.07) is 7.19. The largest absolute Gasteiger partial charge is 0.496 e. The first kappa shape index (κ1) is 19.0. The van der Waals surface area contributed by atoms with Gasteiger partial charge in [0.1, 0.15) is 40.6 Å². The SMILES string of the molecule is COc1ccccc1C/C(=N\O)S[C@@H]1O[C@H](CO)[C@@H](O)[C@H](O)[C@H]1O. The number of benzene rings is 1. The number of thioether (sulfide) groups is 1. The van der Waals surface area contributed by atoms with Crippen molar-refractivity contribution in [1.82, 2.24) is 0 Å². The third-order valence-electron chi connectivity index (χ3n) is 3.75. The summed E-state index contributed by atoms with van der Waals surface area (Å²) < 4.78 is 10.6. The number of aliphatic hydroxyl groups excluding tert-OH is 4. The number of aliphatic hydroxyl groups is 4. The maximum atomic E-state index is 10.0. The molecule has 5 N–H and O–H groups in total. The van der Waals surface area contributed by atoms with Gasteiger partial charge in [0.15, 0.2) is 0 Å². The number of hydrogen-bond donors (Lipinski definition) is 5. The Morgan fingerprint density at radius 3 is 2.54 bits per heavy atom. The van der Waals surface area contributed by atoms with E-state index in [1.807, 2.05) is 12.1 Å². The van der Waals surface area contributed by atoms with Crippen molar-refractivity contribution in [1.29, 1.82) is 0 Å². The van der Waals surface area contributed by atoms with Gasteiger partial charge in [0.2, 0.25) is 0 Å². The summed E-state index contributed by atoms with van der Waals surface area (Å²) in [7, 11) is 1.53. The van der Waals surface area contributed by atoms with E-state index in [9.17, 15) is 25.6 Å². The Bertz CT molecular complexity index is 569. The van der Waals surface area contributed by atoms with E-state index in [1.54, 1.807) is 12.1 Å². The van der Waals surface area contributed by atoms with Gasteiger partial charge in [-0.05, 0) is 6.07 Å². The van der Waals surface area contributed by atoms with E-state index < -0.39 is 36.5 Å². The molecular formula is C15H21NO7S. The molecule has 0 aliphatic carbocycles. The minimum atomic E-state index is -1.47. The topological polar surface area (TPSA) is 132 Å². The van der Waals surface area contributed by atoms with Crippen molar-refractivity contribution in [3.05, 3.63) is 29.8 Å². The molecule has 0 bridgehead atoms. The molecule has 1 aromatic rings. The van der Waals surface area contributed by atoms with Crippen molar-refractivity contribution in [3.8, 4) is 5.75 Å². The summed E-state index contributed by atoms with van der Waals surface area (Å²) in [5, 5.41) is 51.5. The maximum Gasteiger partial charge on any atom is 0.138 e. The summed E-state index contributed by atoms with van der Waals surface area (Å²) in [5.74, 6) is 0.619. The van der Waals surface area contributed by atoms with E-state index in [4.69, 9.17) is 9.47 Å². The Labute approximate surface area is 143 Å². The molecule has 5 atom stereocenters. The van der Waals surface area contributed by atoms with Crippen LogP contribution in [0.2, 0.25) is 0 Å². The molecule has 24 heavy (non-hydrogen) atoms. The van der Waals surface area contributed by atoms with E-state index >= 15 is 0 Å². The van der Waals surface area contributed by atoms with Gasteiger partial charge >= 0.3 is 0 Å². The fourth-order valence-electron chi connectivity index (χ4n) is 2.41. The van der Waals surface area contributed by atoms with Crippen LogP contribution in [-0.2, 0) is 11.2 Å². The molecule has 0 radical (unpaired) electrons. The van der Waals surface area contributed by atoms with E-state index in [-0.39, 0.29) is 11.5 Å². The molecule has 1 aromatic carbocycles. The molecule has 1 heterocycles. The second-order valence-corrected chi connectivity index (χ2v) is 6.47. The highest BCUT2D eigenvalue weighted by Gasteiger charge is 2.44. The predicted molar refractivity (Wildman–Crippen MR) is 87.3 cm³/mol. The Kier molecular flexibility index (Phi) is 6.84. The first-order chi connectivity index (χ1) is 11.5. The number of ether oxygens (including phenoxy) is 2. The standard InChI is InChI=1S/C15H21NO7S/c1-22-9-5-3-2-4-8(9)6-11(16-21)24-15-14(20)13(19)12(18)10(7-17)23-15/h2-5,10,12-15,17-21H,6-7H2,1H3/b16-11+/t10-,12-,13+,14-,15+/m1/s1. The molecule has 1 aliphatic rings. The average Bonchev–Trinajstić information content (AvgIpc) is 2.61. The molecule has 0 unspecified atom stereocenters. The summed E-state index contributed by atoms with van der Waals surface area (Å²) in [6.07, 6.45) is -5.08. The van der Waals surface area contributed by atoms with Crippen LogP contribution in [-0.4, -0.2) is 74.2 Å². The van der Waals surface area contributed by atoms with Gasteiger partial charge in [-0.3, -0.25) is 0 Å². The number of hydrogen-bond acceptors (Lipinski definition) is 9. The van der Waals surface area contributed by atoms with Gasteiger partial charge < -0.3 is 35.1 Å². The molecule has 9 heteroatoms. The second-order valence-electron chi connectivity index (χ2n) is 5.30. The zero-order valence-electron chi connectivity index (χ0n) is 13.0. The lowest BCUT2D eigenvalue weighted by Gasteiger charge is -2.39. The molecule has 2 rings (SSSR count). The van der Waals surface area contributed by atoms with Gasteiger partial charge in [0.05, 0.1) is 13.7 Å². The lowest BCUT2D eigenvalue weighted by molar-refractivity contribution is -0.205. The minimum Gasteiger partial charge on any atom is -0.496 e. The van der Waals surface area contributed by atoms with Crippen molar-refractivity contribution in [2.24, 2.45) is 5.16 Å². The third-order valence-corrected chi connectivity index (χ3v) is 4.87. The van der Waals surface area contributed by atoms with Crippen molar-refractivity contribution in [2.45, 2.75) is 36.3 Å². The van der Waals surface area contributed by atoms with Crippen molar-refractivity contribution in [3.63, 3.8) is 0 Å². The molecule has 0 spiro atoms. The fourth-order valence-corrected chi connectivity index (χ4v) is 3.46. The van der Waals surface area contributed by atoms with Gasteiger partial charge in [-0.25, -0.2) is 0 Å². The first-order valence-corrected chi connectivity index (χ1v) is 8.19. The van der Waals surface area contributed by atoms with Gasteiger partial charge in [-0.15, -0.1) is 0 Å². The van der Waals surface area contributed by atoms with Gasteiger partial charge in [0, 0.05) is 12.0 Å². The van der Waals surface area contributed by atoms with Crippen LogP contribution in [0.15, 0.2) is 29.4 Å².